The number of benzene rings is 1. The topological polar surface area (TPSA) is 90.3 Å². The van der Waals surface area contributed by atoms with E-state index in [-0.39, 0.29) is 24.2 Å². The van der Waals surface area contributed by atoms with Crippen LogP contribution in [0.2, 0.25) is 0 Å². The summed E-state index contributed by atoms with van der Waals surface area (Å²) in [7, 11) is -2.28. The summed E-state index contributed by atoms with van der Waals surface area (Å²) in [5.41, 5.74) is 0.00979. The highest BCUT2D eigenvalue weighted by Gasteiger charge is 2.15. The fourth-order valence-corrected chi connectivity index (χ4v) is 2.79. The largest absolute Gasteiger partial charge is 0.369 e. The van der Waals surface area contributed by atoms with Gasteiger partial charge in [0, 0.05) is 11.8 Å². The maximum atomic E-state index is 12.2. The summed E-state index contributed by atoms with van der Waals surface area (Å²) in [6.45, 7) is 5.58. The third kappa shape index (κ3) is 6.24. The Morgan fingerprint density at radius 1 is 1.27 bits per heavy atom. The first-order valence-corrected chi connectivity index (χ1v) is 11.2. The monoisotopic (exact) mass is 377 g/mol. The van der Waals surface area contributed by atoms with Gasteiger partial charge in [-0.2, -0.15) is 4.98 Å². The third-order valence-electron chi connectivity index (χ3n) is 3.63. The van der Waals surface area contributed by atoms with Gasteiger partial charge in [-0.25, -0.2) is 4.79 Å². The van der Waals surface area contributed by atoms with E-state index in [0.717, 1.165) is 0 Å². The van der Waals surface area contributed by atoms with Crippen LogP contribution in [0.15, 0.2) is 47.4 Å². The molecule has 1 heterocycles. The van der Waals surface area contributed by atoms with Gasteiger partial charge in [-0.05, 0) is 37.9 Å². The minimum Gasteiger partial charge on any atom is -0.369 e. The lowest BCUT2D eigenvalue weighted by atomic mass is 10.2. The molecule has 0 unspecified atom stereocenters. The van der Waals surface area contributed by atoms with E-state index in [2.05, 4.69) is 10.3 Å². The van der Waals surface area contributed by atoms with Crippen LogP contribution in [0.5, 0.6) is 0 Å². The molecular formula is C18H24N3O4P. The molecule has 8 heteroatoms. The quantitative estimate of drug-likeness (QED) is 0.715. The first-order valence-electron chi connectivity index (χ1n) is 8.38. The molecule has 2 rings (SSSR count). The van der Waals surface area contributed by atoms with E-state index < -0.39 is 12.8 Å². The zero-order valence-corrected chi connectivity index (χ0v) is 16.1. The fraction of sp³-hybridized carbons (Fsp3) is 0.389. The van der Waals surface area contributed by atoms with E-state index in [1.807, 2.05) is 13.0 Å². The van der Waals surface area contributed by atoms with Crippen molar-refractivity contribution in [2.24, 2.45) is 0 Å². The molecule has 1 aromatic heterocycles. The van der Waals surface area contributed by atoms with Gasteiger partial charge < -0.3 is 14.6 Å². The van der Waals surface area contributed by atoms with Crippen LogP contribution in [-0.2, 0) is 15.8 Å². The van der Waals surface area contributed by atoms with Gasteiger partial charge in [-0.3, -0.25) is 9.36 Å². The highest BCUT2D eigenvalue weighted by molar-refractivity contribution is 7.62. The molecule has 0 radical (unpaired) electrons. The maximum Gasteiger partial charge on any atom is 0.349 e. The third-order valence-corrected chi connectivity index (χ3v) is 4.40. The number of hydrogen-bond donors (Lipinski definition) is 1. The van der Waals surface area contributed by atoms with Crippen molar-refractivity contribution >= 4 is 18.9 Å². The second-order valence-electron chi connectivity index (χ2n) is 6.47. The van der Waals surface area contributed by atoms with Crippen molar-refractivity contribution in [3.05, 3.63) is 58.6 Å². The van der Waals surface area contributed by atoms with Gasteiger partial charge in [0.2, 0.25) is 0 Å². The number of hydrogen-bond acceptors (Lipinski definition) is 5. The van der Waals surface area contributed by atoms with Crippen LogP contribution >= 0.6 is 7.14 Å². The van der Waals surface area contributed by atoms with Crippen LogP contribution in [0.3, 0.4) is 0 Å². The Morgan fingerprint density at radius 3 is 2.54 bits per heavy atom. The summed E-state index contributed by atoms with van der Waals surface area (Å²) in [5, 5.41) is 2.61. The Hall–Kier alpha value is -2.24. The summed E-state index contributed by atoms with van der Waals surface area (Å²) in [4.78, 5) is 28.2. The number of amides is 1. The Morgan fingerprint density at radius 2 is 1.96 bits per heavy atom. The number of aromatic nitrogens is 2. The molecule has 0 aliphatic carbocycles. The van der Waals surface area contributed by atoms with Gasteiger partial charge in [0.25, 0.3) is 5.91 Å². The standard InChI is InChI=1S/C18H24N3O4P/c1-4-15(25-13-26(2,3)24)12-21-11-10-16(20-18(21)23)19-17(22)14-8-6-5-7-9-14/h5-11,15H,4,12-13H2,1-3H3,(H,19,20,22,23)/t15-/m1/s1. The molecule has 1 atom stereocenters. The van der Waals surface area contributed by atoms with Gasteiger partial charge in [-0.15, -0.1) is 0 Å². The first kappa shape index (κ1) is 20.1. The minimum atomic E-state index is -2.28. The van der Waals surface area contributed by atoms with E-state index >= 15 is 0 Å². The number of ether oxygens (including phenoxy) is 1. The minimum absolute atomic E-state index is 0.179. The van der Waals surface area contributed by atoms with E-state index in [9.17, 15) is 14.2 Å². The number of carbonyl (C=O) groups excluding carboxylic acids is 1. The molecule has 0 fully saturated rings. The highest BCUT2D eigenvalue weighted by Crippen LogP contribution is 2.36. The fourth-order valence-electron chi connectivity index (χ4n) is 2.22. The molecule has 0 saturated heterocycles. The van der Waals surface area contributed by atoms with E-state index in [1.165, 1.54) is 4.57 Å². The van der Waals surface area contributed by atoms with Crippen molar-refractivity contribution in [2.45, 2.75) is 26.0 Å². The second-order valence-corrected chi connectivity index (χ2v) is 9.87. The second kappa shape index (κ2) is 8.92. The Kier molecular flexibility index (Phi) is 6.89. The normalized spacial score (nSPS) is 12.6. The molecule has 1 amide bonds. The summed E-state index contributed by atoms with van der Waals surface area (Å²) in [6.07, 6.45) is 2.20. The molecule has 0 saturated carbocycles. The SMILES string of the molecule is CC[C@H](Cn1ccc(NC(=O)c2ccccc2)nc1=O)OCP(C)(C)=O. The van der Waals surface area contributed by atoms with Crippen LogP contribution in [0, 0.1) is 0 Å². The van der Waals surface area contributed by atoms with Crippen molar-refractivity contribution in [3.8, 4) is 0 Å². The summed E-state index contributed by atoms with van der Waals surface area (Å²) >= 11 is 0. The summed E-state index contributed by atoms with van der Waals surface area (Å²) in [5.74, 6) is -0.132. The van der Waals surface area contributed by atoms with Crippen molar-refractivity contribution in [1.82, 2.24) is 9.55 Å². The highest BCUT2D eigenvalue weighted by atomic mass is 31.2. The van der Waals surface area contributed by atoms with Crippen molar-refractivity contribution in [3.63, 3.8) is 0 Å². The number of nitrogens with one attached hydrogen (secondary N) is 1. The molecule has 7 nitrogen and oxygen atoms in total. The van der Waals surface area contributed by atoms with Crippen molar-refractivity contribution in [1.29, 1.82) is 0 Å². The summed E-state index contributed by atoms with van der Waals surface area (Å²) in [6, 6.07) is 10.3. The molecule has 2 aromatic rings. The molecule has 26 heavy (non-hydrogen) atoms. The smallest absolute Gasteiger partial charge is 0.349 e. The first-order chi connectivity index (χ1) is 12.3. The van der Waals surface area contributed by atoms with E-state index in [0.29, 0.717) is 18.5 Å². The predicted molar refractivity (Wildman–Crippen MR) is 102 cm³/mol. The van der Waals surface area contributed by atoms with Gasteiger partial charge in [0.1, 0.15) is 13.0 Å². The Bertz CT molecular complexity index is 845. The number of carbonyl (C=O) groups is 1. The molecule has 0 bridgehead atoms. The van der Waals surface area contributed by atoms with Gasteiger partial charge in [0.05, 0.1) is 19.0 Å². The van der Waals surface area contributed by atoms with Gasteiger partial charge in [-0.1, -0.05) is 25.1 Å². The van der Waals surface area contributed by atoms with Crippen molar-refractivity contribution < 1.29 is 14.1 Å². The average molecular weight is 377 g/mol. The Labute approximate surface area is 152 Å². The molecule has 1 N–H and O–H groups in total. The molecule has 0 spiro atoms. The molecular weight excluding hydrogens is 353 g/mol. The van der Waals surface area contributed by atoms with Gasteiger partial charge >= 0.3 is 5.69 Å². The molecule has 140 valence electrons. The molecule has 1 aromatic carbocycles. The lowest BCUT2D eigenvalue weighted by molar-refractivity contribution is 0.0679. The summed E-state index contributed by atoms with van der Waals surface area (Å²) < 4.78 is 18.8. The molecule has 0 aliphatic heterocycles. The van der Waals surface area contributed by atoms with Crippen LogP contribution in [0.4, 0.5) is 5.82 Å². The van der Waals surface area contributed by atoms with E-state index in [1.54, 1.807) is 49.9 Å². The number of anilines is 1. The lowest BCUT2D eigenvalue weighted by Gasteiger charge is -2.18. The van der Waals surface area contributed by atoms with Crippen LogP contribution in [0.1, 0.15) is 23.7 Å². The van der Waals surface area contributed by atoms with Crippen LogP contribution in [0.25, 0.3) is 0 Å². The van der Waals surface area contributed by atoms with Crippen molar-refractivity contribution in [2.75, 3.05) is 25.0 Å². The zero-order valence-electron chi connectivity index (χ0n) is 15.2. The Balaban J connectivity index is 2.03. The van der Waals surface area contributed by atoms with Crippen LogP contribution in [-0.4, -0.2) is 41.2 Å². The lowest BCUT2D eigenvalue weighted by Crippen LogP contribution is -2.30. The number of rotatable bonds is 8. The predicted octanol–water partition coefficient (Wildman–Crippen LogP) is 2.87. The van der Waals surface area contributed by atoms with E-state index in [4.69, 9.17) is 4.74 Å². The van der Waals surface area contributed by atoms with Gasteiger partial charge in [0.15, 0.2) is 0 Å². The number of nitrogens with zero attached hydrogens (tertiary/aromatic N) is 2. The zero-order chi connectivity index (χ0) is 19.2. The average Bonchev–Trinajstić information content (AvgIpc) is 2.60. The van der Waals surface area contributed by atoms with Crippen LogP contribution < -0.4 is 11.0 Å². The molecule has 0 aliphatic rings. The maximum absolute atomic E-state index is 12.2.